The number of rotatable bonds is 7. The van der Waals surface area contributed by atoms with Crippen molar-refractivity contribution in [3.63, 3.8) is 0 Å². The first-order chi connectivity index (χ1) is 9.22. The third-order valence-corrected chi connectivity index (χ3v) is 4.50. The van der Waals surface area contributed by atoms with Crippen molar-refractivity contribution in [2.45, 2.75) is 39.2 Å². The number of thiophene rings is 1. The van der Waals surface area contributed by atoms with E-state index in [2.05, 4.69) is 31.3 Å². The highest BCUT2D eigenvalue weighted by molar-refractivity contribution is 7.11. The molecule has 2 aromatic rings. The molecule has 104 valence electrons. The molecule has 0 saturated heterocycles. The molecule has 0 aliphatic heterocycles. The van der Waals surface area contributed by atoms with Crippen LogP contribution in [0.2, 0.25) is 5.22 Å². The highest BCUT2D eigenvalue weighted by atomic mass is 35.5. The van der Waals surface area contributed by atoms with E-state index in [-0.39, 0.29) is 6.04 Å². The van der Waals surface area contributed by atoms with E-state index < -0.39 is 0 Å². The minimum atomic E-state index is 0.204. The average Bonchev–Trinajstić information content (AvgIpc) is 3.03. The number of halogens is 1. The zero-order valence-corrected chi connectivity index (χ0v) is 13.0. The van der Waals surface area contributed by atoms with Crippen LogP contribution in [0.1, 0.15) is 41.8 Å². The maximum Gasteiger partial charge on any atom is 0.193 e. The number of furan rings is 1. The minimum absolute atomic E-state index is 0.204. The molecular weight excluding hydrogens is 278 g/mol. The molecule has 2 rings (SSSR count). The summed E-state index contributed by atoms with van der Waals surface area (Å²) in [7, 11) is 0. The largest absolute Gasteiger partial charge is 0.448 e. The molecule has 0 spiro atoms. The third-order valence-electron chi connectivity index (χ3n) is 3.05. The quantitative estimate of drug-likeness (QED) is 0.791. The molecule has 1 atom stereocenters. The van der Waals surface area contributed by atoms with E-state index in [0.717, 1.165) is 31.6 Å². The summed E-state index contributed by atoms with van der Waals surface area (Å²) in [6, 6.07) is 8.41. The van der Waals surface area contributed by atoms with Crippen molar-refractivity contribution in [2.75, 3.05) is 6.54 Å². The summed E-state index contributed by atoms with van der Waals surface area (Å²) in [4.78, 5) is 2.82. The summed E-state index contributed by atoms with van der Waals surface area (Å²) in [6.45, 7) is 5.34. The fourth-order valence-corrected chi connectivity index (χ4v) is 3.19. The number of hydrogen-bond donors (Lipinski definition) is 1. The molecule has 0 aliphatic rings. The molecule has 0 fully saturated rings. The van der Waals surface area contributed by atoms with E-state index in [1.165, 1.54) is 9.75 Å². The predicted octanol–water partition coefficient (Wildman–Crippen LogP) is 4.84. The second kappa shape index (κ2) is 7.13. The van der Waals surface area contributed by atoms with Crippen molar-refractivity contribution >= 4 is 22.9 Å². The molecule has 4 heteroatoms. The highest BCUT2D eigenvalue weighted by Gasteiger charge is 2.16. The Hall–Kier alpha value is -0.770. The number of hydrogen-bond acceptors (Lipinski definition) is 3. The van der Waals surface area contributed by atoms with Gasteiger partial charge in [-0.3, -0.25) is 0 Å². The SMILES string of the molecule is CCCNC(Cc1ccc(CC)s1)c1ccc(Cl)o1. The van der Waals surface area contributed by atoms with Crippen LogP contribution in [0.25, 0.3) is 0 Å². The normalized spacial score (nSPS) is 12.8. The maximum atomic E-state index is 5.88. The lowest BCUT2D eigenvalue weighted by molar-refractivity contribution is 0.413. The van der Waals surface area contributed by atoms with Gasteiger partial charge in [0.1, 0.15) is 5.76 Å². The summed E-state index contributed by atoms with van der Waals surface area (Å²) in [6.07, 6.45) is 3.16. The van der Waals surface area contributed by atoms with Crippen molar-refractivity contribution in [1.82, 2.24) is 5.32 Å². The predicted molar refractivity (Wildman–Crippen MR) is 82.2 cm³/mol. The Balaban J connectivity index is 2.09. The van der Waals surface area contributed by atoms with Gasteiger partial charge in [-0.05, 0) is 55.3 Å². The topological polar surface area (TPSA) is 25.2 Å². The Bertz CT molecular complexity index is 506. The van der Waals surface area contributed by atoms with Gasteiger partial charge in [-0.1, -0.05) is 13.8 Å². The summed E-state index contributed by atoms with van der Waals surface area (Å²) in [5.74, 6) is 0.921. The first-order valence-corrected chi connectivity index (χ1v) is 7.98. The molecule has 1 unspecified atom stereocenters. The van der Waals surface area contributed by atoms with Crippen LogP contribution in [0, 0.1) is 0 Å². The van der Waals surface area contributed by atoms with Gasteiger partial charge in [0.15, 0.2) is 5.22 Å². The molecule has 0 aromatic carbocycles. The van der Waals surface area contributed by atoms with Crippen molar-refractivity contribution in [3.8, 4) is 0 Å². The lowest BCUT2D eigenvalue weighted by Gasteiger charge is -2.15. The molecule has 0 radical (unpaired) electrons. The van der Waals surface area contributed by atoms with Gasteiger partial charge in [-0.25, -0.2) is 0 Å². The van der Waals surface area contributed by atoms with Gasteiger partial charge in [-0.2, -0.15) is 0 Å². The Kier molecular flexibility index (Phi) is 5.49. The van der Waals surface area contributed by atoms with Crippen LogP contribution >= 0.6 is 22.9 Å². The molecule has 2 heterocycles. The van der Waals surface area contributed by atoms with Crippen molar-refractivity contribution < 1.29 is 4.42 Å². The Morgan fingerprint density at radius 2 is 2.00 bits per heavy atom. The van der Waals surface area contributed by atoms with Gasteiger partial charge < -0.3 is 9.73 Å². The van der Waals surface area contributed by atoms with Crippen LogP contribution in [0.5, 0.6) is 0 Å². The summed E-state index contributed by atoms with van der Waals surface area (Å²) in [5.41, 5.74) is 0. The smallest absolute Gasteiger partial charge is 0.193 e. The van der Waals surface area contributed by atoms with E-state index in [9.17, 15) is 0 Å². The van der Waals surface area contributed by atoms with Crippen molar-refractivity contribution in [1.29, 1.82) is 0 Å². The maximum absolute atomic E-state index is 5.88. The standard InChI is InChI=1S/C15H20ClNOS/c1-3-9-17-13(14-7-8-15(16)18-14)10-12-6-5-11(4-2)19-12/h5-8,13,17H,3-4,9-10H2,1-2H3. The highest BCUT2D eigenvalue weighted by Crippen LogP contribution is 2.26. The molecule has 0 amide bonds. The molecule has 0 aliphatic carbocycles. The lowest BCUT2D eigenvalue weighted by atomic mass is 10.1. The van der Waals surface area contributed by atoms with E-state index >= 15 is 0 Å². The van der Waals surface area contributed by atoms with Crippen molar-refractivity contribution in [3.05, 3.63) is 45.0 Å². The fraction of sp³-hybridized carbons (Fsp3) is 0.467. The summed E-state index contributed by atoms with van der Waals surface area (Å²) >= 11 is 7.76. The number of nitrogens with one attached hydrogen (secondary N) is 1. The van der Waals surface area contributed by atoms with Gasteiger partial charge >= 0.3 is 0 Å². The van der Waals surface area contributed by atoms with Crippen LogP contribution in [0.4, 0.5) is 0 Å². The van der Waals surface area contributed by atoms with E-state index in [1.54, 1.807) is 0 Å². The monoisotopic (exact) mass is 297 g/mol. The average molecular weight is 298 g/mol. The first kappa shape index (κ1) is 14.6. The molecule has 1 N–H and O–H groups in total. The van der Waals surface area contributed by atoms with Crippen LogP contribution in [0.3, 0.4) is 0 Å². The summed E-state index contributed by atoms with van der Waals surface area (Å²) in [5, 5.41) is 3.99. The van der Waals surface area contributed by atoms with Crippen LogP contribution in [0.15, 0.2) is 28.7 Å². The minimum Gasteiger partial charge on any atom is -0.448 e. The Labute approximate surface area is 123 Å². The van der Waals surface area contributed by atoms with E-state index in [4.69, 9.17) is 16.0 Å². The third kappa shape index (κ3) is 4.10. The molecule has 0 saturated carbocycles. The Morgan fingerprint density at radius 3 is 2.58 bits per heavy atom. The van der Waals surface area contributed by atoms with Crippen LogP contribution < -0.4 is 5.32 Å². The first-order valence-electron chi connectivity index (χ1n) is 6.79. The van der Waals surface area contributed by atoms with Crippen molar-refractivity contribution in [2.24, 2.45) is 0 Å². The molecule has 2 nitrogen and oxygen atoms in total. The van der Waals surface area contributed by atoms with Gasteiger partial charge in [0, 0.05) is 16.2 Å². The molecule has 2 aromatic heterocycles. The number of aryl methyl sites for hydroxylation is 1. The molecular formula is C15H20ClNOS. The lowest BCUT2D eigenvalue weighted by Crippen LogP contribution is -2.23. The fourth-order valence-electron chi connectivity index (χ4n) is 2.03. The second-order valence-electron chi connectivity index (χ2n) is 4.57. The van der Waals surface area contributed by atoms with Gasteiger partial charge in [-0.15, -0.1) is 11.3 Å². The second-order valence-corrected chi connectivity index (χ2v) is 6.20. The van der Waals surface area contributed by atoms with Gasteiger partial charge in [0.25, 0.3) is 0 Å². The molecule has 0 bridgehead atoms. The van der Waals surface area contributed by atoms with Crippen LogP contribution in [-0.2, 0) is 12.8 Å². The zero-order chi connectivity index (χ0) is 13.7. The Morgan fingerprint density at radius 1 is 1.21 bits per heavy atom. The summed E-state index contributed by atoms with van der Waals surface area (Å²) < 4.78 is 5.56. The van der Waals surface area contributed by atoms with E-state index in [0.29, 0.717) is 5.22 Å². The van der Waals surface area contributed by atoms with E-state index in [1.807, 2.05) is 23.5 Å². The zero-order valence-electron chi connectivity index (χ0n) is 11.4. The van der Waals surface area contributed by atoms with Gasteiger partial charge in [0.05, 0.1) is 6.04 Å². The van der Waals surface area contributed by atoms with Crippen LogP contribution in [-0.4, -0.2) is 6.54 Å². The van der Waals surface area contributed by atoms with Gasteiger partial charge in [0.2, 0.25) is 0 Å². The molecule has 19 heavy (non-hydrogen) atoms.